The van der Waals surface area contributed by atoms with Crippen molar-refractivity contribution in [3.63, 3.8) is 0 Å². The van der Waals surface area contributed by atoms with Crippen molar-refractivity contribution in [3.8, 4) is 11.5 Å². The number of aliphatic carboxylic acids is 1. The van der Waals surface area contributed by atoms with Crippen LogP contribution >= 0.6 is 23.2 Å². The number of hydrogen-bond donors (Lipinski definition) is 1. The second kappa shape index (κ2) is 12.2. The number of hydrogen-bond acceptors (Lipinski definition) is 6. The van der Waals surface area contributed by atoms with Crippen molar-refractivity contribution in [3.05, 3.63) is 51.0 Å². The summed E-state index contributed by atoms with van der Waals surface area (Å²) < 4.78 is 17.7. The number of nitrogens with zero attached hydrogens (tertiary/aromatic N) is 2. The molecule has 1 unspecified atom stereocenters. The van der Waals surface area contributed by atoms with Crippen LogP contribution in [0.4, 0.5) is 5.69 Å². The van der Waals surface area contributed by atoms with Gasteiger partial charge in [-0.1, -0.05) is 50.0 Å². The topological polar surface area (TPSA) is 106 Å². The first-order chi connectivity index (χ1) is 20.3. The van der Waals surface area contributed by atoms with Crippen LogP contribution in [-0.4, -0.2) is 67.2 Å². The number of carboxylic acid groups (broad SMARTS) is 1. The normalized spacial score (nSPS) is 23.8. The number of likely N-dealkylation sites (tertiary alicyclic amines) is 1. The minimum atomic E-state index is -1.16. The summed E-state index contributed by atoms with van der Waals surface area (Å²) in [5.74, 6) is -1.44. The molecule has 0 saturated carbocycles. The Labute approximate surface area is 262 Å². The highest BCUT2D eigenvalue weighted by Crippen LogP contribution is 2.51. The highest BCUT2D eigenvalue weighted by atomic mass is 35.5. The van der Waals surface area contributed by atoms with Crippen molar-refractivity contribution in [1.82, 2.24) is 4.90 Å². The van der Waals surface area contributed by atoms with Gasteiger partial charge in [0.1, 0.15) is 12.2 Å². The molecule has 9 nitrogen and oxygen atoms in total. The van der Waals surface area contributed by atoms with E-state index in [9.17, 15) is 19.5 Å². The van der Waals surface area contributed by atoms with Gasteiger partial charge < -0.3 is 29.1 Å². The predicted molar refractivity (Wildman–Crippen MR) is 163 cm³/mol. The van der Waals surface area contributed by atoms with Gasteiger partial charge in [0.25, 0.3) is 5.91 Å². The Hall–Kier alpha value is -3.01. The minimum Gasteiger partial charge on any atom is -0.493 e. The summed E-state index contributed by atoms with van der Waals surface area (Å²) in [5, 5.41) is 10.3. The van der Waals surface area contributed by atoms with Crippen molar-refractivity contribution in [1.29, 1.82) is 0 Å². The van der Waals surface area contributed by atoms with Crippen LogP contribution in [0.3, 0.4) is 0 Å². The van der Waals surface area contributed by atoms with Crippen molar-refractivity contribution in [2.75, 3.05) is 32.2 Å². The fraction of sp³-hybridized carbons (Fsp3) is 0.531. The Morgan fingerprint density at radius 3 is 2.49 bits per heavy atom. The van der Waals surface area contributed by atoms with Crippen LogP contribution < -0.4 is 14.4 Å². The van der Waals surface area contributed by atoms with E-state index in [0.717, 1.165) is 24.1 Å². The van der Waals surface area contributed by atoms with Gasteiger partial charge in [0.05, 0.1) is 37.3 Å². The van der Waals surface area contributed by atoms with E-state index < -0.39 is 24.1 Å². The molecule has 232 valence electrons. The lowest BCUT2D eigenvalue weighted by molar-refractivity contribution is -0.149. The molecule has 4 atom stereocenters. The number of anilines is 1. The standard InChI is InChI=1S/C32H38Cl2N2O7/c1-32(2,3)24-11-8-17-13-19(33)14-21-27(17)36(24)30(38)23(15-25(37)35-12-6-7-18(16-35)31(39)40)43-28(21)20-9-10-22(41-4)29(42-5)26(20)34/h9-10,13-14,18,23-24,28H,6-8,11-12,15-16H2,1-5H3,(H,39,40)/t18?,23-,24-,28+/m0/s1. The van der Waals surface area contributed by atoms with E-state index in [0.29, 0.717) is 47.0 Å². The fourth-order valence-corrected chi connectivity index (χ4v) is 7.23. The Kier molecular flexibility index (Phi) is 8.89. The molecule has 0 radical (unpaired) electrons. The molecule has 3 heterocycles. The van der Waals surface area contributed by atoms with Gasteiger partial charge in [0.15, 0.2) is 11.5 Å². The molecule has 0 aliphatic carbocycles. The summed E-state index contributed by atoms with van der Waals surface area (Å²) in [6.45, 7) is 6.83. The van der Waals surface area contributed by atoms with E-state index in [1.807, 2.05) is 11.0 Å². The first-order valence-corrected chi connectivity index (χ1v) is 15.3. The van der Waals surface area contributed by atoms with Crippen LogP contribution in [-0.2, 0) is 25.5 Å². The minimum absolute atomic E-state index is 0.105. The van der Waals surface area contributed by atoms with Gasteiger partial charge in [-0.3, -0.25) is 14.4 Å². The first-order valence-electron chi connectivity index (χ1n) is 14.6. The SMILES string of the molecule is COc1ccc([C@H]2O[C@@H](CC(=O)N3CCCC(C(=O)O)C3)C(=O)N3c4c(cc(Cl)cc42)CC[C@H]3C(C)(C)C)c(Cl)c1OC. The molecule has 0 bridgehead atoms. The molecule has 0 spiro atoms. The summed E-state index contributed by atoms with van der Waals surface area (Å²) in [6, 6.07) is 7.02. The molecule has 43 heavy (non-hydrogen) atoms. The summed E-state index contributed by atoms with van der Waals surface area (Å²) >= 11 is 13.6. The highest BCUT2D eigenvalue weighted by Gasteiger charge is 2.47. The number of carboxylic acids is 1. The summed E-state index contributed by atoms with van der Waals surface area (Å²) in [5.41, 5.74) is 2.60. The quantitative estimate of drug-likeness (QED) is 0.422. The average Bonchev–Trinajstić information content (AvgIpc) is 3.07. The Morgan fingerprint density at radius 2 is 1.84 bits per heavy atom. The zero-order chi connectivity index (χ0) is 31.2. The number of piperidine rings is 1. The number of carbonyl (C=O) groups excluding carboxylic acids is 2. The third-order valence-electron chi connectivity index (χ3n) is 8.80. The van der Waals surface area contributed by atoms with Crippen LogP contribution in [0.15, 0.2) is 24.3 Å². The van der Waals surface area contributed by atoms with E-state index in [1.165, 1.54) is 19.1 Å². The van der Waals surface area contributed by atoms with E-state index >= 15 is 0 Å². The third-order valence-corrected chi connectivity index (χ3v) is 9.41. The van der Waals surface area contributed by atoms with Crippen LogP contribution in [0, 0.1) is 11.3 Å². The molecule has 5 rings (SSSR count). The second-order valence-electron chi connectivity index (χ2n) is 12.6. The smallest absolute Gasteiger partial charge is 0.308 e. The molecule has 1 N–H and O–H groups in total. The number of methoxy groups -OCH3 is 2. The average molecular weight is 634 g/mol. The maximum absolute atomic E-state index is 14.6. The Bertz CT molecular complexity index is 1440. The van der Waals surface area contributed by atoms with E-state index in [-0.39, 0.29) is 41.3 Å². The number of aryl methyl sites for hydroxylation is 1. The van der Waals surface area contributed by atoms with Crippen LogP contribution in [0.2, 0.25) is 10.0 Å². The zero-order valence-corrected chi connectivity index (χ0v) is 26.6. The first kappa shape index (κ1) is 31.4. The van der Waals surface area contributed by atoms with Gasteiger partial charge in [-0.15, -0.1) is 0 Å². The maximum Gasteiger partial charge on any atom is 0.308 e. The number of rotatable bonds is 6. The van der Waals surface area contributed by atoms with Crippen molar-refractivity contribution in [2.45, 2.75) is 71.1 Å². The molecule has 3 aliphatic rings. The van der Waals surface area contributed by atoms with Gasteiger partial charge in [0, 0.05) is 35.3 Å². The van der Waals surface area contributed by atoms with E-state index in [1.54, 1.807) is 18.2 Å². The van der Waals surface area contributed by atoms with E-state index in [4.69, 9.17) is 37.4 Å². The molecule has 1 fully saturated rings. The number of ether oxygens (including phenoxy) is 3. The molecular formula is C32H38Cl2N2O7. The van der Waals surface area contributed by atoms with Crippen molar-refractivity contribution < 1.29 is 33.7 Å². The highest BCUT2D eigenvalue weighted by molar-refractivity contribution is 6.33. The Morgan fingerprint density at radius 1 is 1.09 bits per heavy atom. The molecule has 1 saturated heterocycles. The van der Waals surface area contributed by atoms with E-state index in [2.05, 4.69) is 20.8 Å². The summed E-state index contributed by atoms with van der Waals surface area (Å²) in [6.07, 6.45) is 0.269. The summed E-state index contributed by atoms with van der Waals surface area (Å²) in [4.78, 5) is 43.3. The van der Waals surface area contributed by atoms with Crippen LogP contribution in [0.25, 0.3) is 0 Å². The molecule has 11 heteroatoms. The van der Waals surface area contributed by atoms with Crippen LogP contribution in [0.1, 0.15) is 69.2 Å². The zero-order valence-electron chi connectivity index (χ0n) is 25.1. The van der Waals surface area contributed by atoms with Gasteiger partial charge in [0.2, 0.25) is 5.91 Å². The monoisotopic (exact) mass is 632 g/mol. The van der Waals surface area contributed by atoms with Crippen LogP contribution in [0.5, 0.6) is 11.5 Å². The van der Waals surface area contributed by atoms with Gasteiger partial charge in [-0.2, -0.15) is 0 Å². The lowest BCUT2D eigenvalue weighted by Gasteiger charge is -2.45. The molecule has 0 aromatic heterocycles. The molecule has 3 aliphatic heterocycles. The number of carbonyl (C=O) groups is 3. The lowest BCUT2D eigenvalue weighted by Crippen LogP contribution is -2.54. The second-order valence-corrected chi connectivity index (χ2v) is 13.4. The Balaban J connectivity index is 1.64. The third kappa shape index (κ3) is 5.91. The van der Waals surface area contributed by atoms with Gasteiger partial charge in [-0.05, 0) is 54.9 Å². The lowest BCUT2D eigenvalue weighted by atomic mass is 9.78. The number of amides is 2. The van der Waals surface area contributed by atoms with Crippen molar-refractivity contribution in [2.24, 2.45) is 11.3 Å². The molecular weight excluding hydrogens is 595 g/mol. The van der Waals surface area contributed by atoms with Gasteiger partial charge >= 0.3 is 5.97 Å². The number of benzene rings is 2. The fourth-order valence-electron chi connectivity index (χ4n) is 6.65. The molecule has 2 aromatic carbocycles. The largest absolute Gasteiger partial charge is 0.493 e. The number of halogens is 2. The molecule has 2 amide bonds. The molecule has 2 aromatic rings. The summed E-state index contributed by atoms with van der Waals surface area (Å²) in [7, 11) is 3.01. The van der Waals surface area contributed by atoms with Crippen molar-refractivity contribution >= 4 is 46.7 Å². The predicted octanol–water partition coefficient (Wildman–Crippen LogP) is 5.91. The van der Waals surface area contributed by atoms with Gasteiger partial charge in [-0.25, -0.2) is 0 Å². The maximum atomic E-state index is 14.6.